The van der Waals surface area contributed by atoms with Crippen LogP contribution in [0, 0.1) is 0 Å². The Hall–Kier alpha value is -0.650. The van der Waals surface area contributed by atoms with Crippen LogP contribution in [0.5, 0.6) is 0 Å². The van der Waals surface area contributed by atoms with Crippen LogP contribution in [-0.2, 0) is 11.2 Å². The number of thiazole rings is 1. The molecule has 1 aromatic rings. The first-order chi connectivity index (χ1) is 9.83. The van der Waals surface area contributed by atoms with Crippen molar-refractivity contribution in [3.63, 3.8) is 0 Å². The highest BCUT2D eigenvalue weighted by atomic mass is 32.1. The van der Waals surface area contributed by atoms with Gasteiger partial charge in [-0.25, -0.2) is 4.98 Å². The summed E-state index contributed by atoms with van der Waals surface area (Å²) in [7, 11) is 0. The van der Waals surface area contributed by atoms with Gasteiger partial charge in [0.05, 0.1) is 31.0 Å². The van der Waals surface area contributed by atoms with Crippen LogP contribution in [0.15, 0.2) is 0 Å². The number of morpholine rings is 1. The second-order valence-electron chi connectivity index (χ2n) is 5.64. The number of hydrogen-bond donors (Lipinski definition) is 1. The standard InChI is InChI=1S/C15H25N3OS/c1-3-11-10-19-9-8-18(11)15-17-14-12(16-4-2)6-5-7-13(14)20-15/h11-12,16H,3-10H2,1-2H3. The fourth-order valence-electron chi connectivity index (χ4n) is 3.22. The van der Waals surface area contributed by atoms with Crippen LogP contribution in [0.4, 0.5) is 5.13 Å². The van der Waals surface area contributed by atoms with Crippen molar-refractivity contribution < 1.29 is 4.74 Å². The largest absolute Gasteiger partial charge is 0.377 e. The van der Waals surface area contributed by atoms with Gasteiger partial charge in [0.1, 0.15) is 0 Å². The van der Waals surface area contributed by atoms with Crippen molar-refractivity contribution >= 4 is 16.5 Å². The molecule has 0 spiro atoms. The fourth-order valence-corrected chi connectivity index (χ4v) is 4.48. The van der Waals surface area contributed by atoms with E-state index < -0.39 is 0 Å². The molecule has 5 heteroatoms. The molecule has 0 amide bonds. The molecule has 2 unspecified atom stereocenters. The molecule has 1 aromatic heterocycles. The molecule has 1 N–H and O–H groups in total. The third kappa shape index (κ3) is 2.71. The van der Waals surface area contributed by atoms with Gasteiger partial charge in [-0.15, -0.1) is 11.3 Å². The number of nitrogens with zero attached hydrogens (tertiary/aromatic N) is 2. The van der Waals surface area contributed by atoms with Crippen molar-refractivity contribution in [3.8, 4) is 0 Å². The second kappa shape index (κ2) is 6.41. The highest BCUT2D eigenvalue weighted by molar-refractivity contribution is 7.15. The second-order valence-corrected chi connectivity index (χ2v) is 6.70. The van der Waals surface area contributed by atoms with Crippen LogP contribution in [0.25, 0.3) is 0 Å². The average molecular weight is 295 g/mol. The van der Waals surface area contributed by atoms with Crippen molar-refractivity contribution in [3.05, 3.63) is 10.6 Å². The van der Waals surface area contributed by atoms with Crippen LogP contribution in [-0.4, -0.2) is 37.3 Å². The number of aryl methyl sites for hydroxylation is 1. The predicted molar refractivity (Wildman–Crippen MR) is 83.7 cm³/mol. The van der Waals surface area contributed by atoms with Gasteiger partial charge in [0, 0.05) is 11.4 Å². The van der Waals surface area contributed by atoms with Crippen LogP contribution < -0.4 is 10.2 Å². The lowest BCUT2D eigenvalue weighted by atomic mass is 9.98. The summed E-state index contributed by atoms with van der Waals surface area (Å²) in [5.41, 5.74) is 1.32. The molecule has 1 aliphatic carbocycles. The predicted octanol–water partition coefficient (Wildman–Crippen LogP) is 2.75. The molecular weight excluding hydrogens is 270 g/mol. The van der Waals surface area contributed by atoms with Crippen LogP contribution in [0.1, 0.15) is 49.7 Å². The number of nitrogens with one attached hydrogen (secondary N) is 1. The zero-order chi connectivity index (χ0) is 13.9. The van der Waals surface area contributed by atoms with Crippen molar-refractivity contribution in [1.82, 2.24) is 10.3 Å². The van der Waals surface area contributed by atoms with Gasteiger partial charge in [0.25, 0.3) is 0 Å². The van der Waals surface area contributed by atoms with Gasteiger partial charge in [0.15, 0.2) is 5.13 Å². The van der Waals surface area contributed by atoms with E-state index >= 15 is 0 Å². The Morgan fingerprint density at radius 3 is 3.15 bits per heavy atom. The van der Waals surface area contributed by atoms with Crippen molar-refractivity contribution in [2.24, 2.45) is 0 Å². The van der Waals surface area contributed by atoms with Gasteiger partial charge in [0.2, 0.25) is 0 Å². The maximum absolute atomic E-state index is 5.61. The van der Waals surface area contributed by atoms with E-state index in [9.17, 15) is 0 Å². The number of ether oxygens (including phenoxy) is 1. The molecule has 1 fully saturated rings. The van der Waals surface area contributed by atoms with Gasteiger partial charge in [-0.3, -0.25) is 0 Å². The highest BCUT2D eigenvalue weighted by Gasteiger charge is 2.29. The minimum absolute atomic E-state index is 0.467. The van der Waals surface area contributed by atoms with Crippen LogP contribution in [0.2, 0.25) is 0 Å². The first-order valence-electron chi connectivity index (χ1n) is 7.90. The normalized spacial score (nSPS) is 26.6. The highest BCUT2D eigenvalue weighted by Crippen LogP contribution is 2.37. The number of hydrogen-bond acceptors (Lipinski definition) is 5. The van der Waals surface area contributed by atoms with E-state index in [1.54, 1.807) is 0 Å². The Morgan fingerprint density at radius 1 is 1.45 bits per heavy atom. The molecule has 0 saturated carbocycles. The van der Waals surface area contributed by atoms with E-state index in [0.717, 1.165) is 32.7 Å². The minimum atomic E-state index is 0.467. The summed E-state index contributed by atoms with van der Waals surface area (Å²) in [6.45, 7) is 8.09. The first-order valence-corrected chi connectivity index (χ1v) is 8.72. The summed E-state index contributed by atoms with van der Waals surface area (Å²) in [6.07, 6.45) is 4.84. The Kier molecular flexibility index (Phi) is 4.58. The third-order valence-corrected chi connectivity index (χ3v) is 5.51. The minimum Gasteiger partial charge on any atom is -0.377 e. The van der Waals surface area contributed by atoms with E-state index in [1.807, 2.05) is 11.3 Å². The monoisotopic (exact) mass is 295 g/mol. The van der Waals surface area contributed by atoms with Gasteiger partial charge in [-0.2, -0.15) is 0 Å². The lowest BCUT2D eigenvalue weighted by Gasteiger charge is -2.34. The fraction of sp³-hybridized carbons (Fsp3) is 0.800. The maximum Gasteiger partial charge on any atom is 0.186 e. The summed E-state index contributed by atoms with van der Waals surface area (Å²) in [6, 6.07) is 0.962. The molecule has 20 heavy (non-hydrogen) atoms. The molecule has 2 heterocycles. The molecule has 0 radical (unpaired) electrons. The smallest absolute Gasteiger partial charge is 0.186 e. The van der Waals surface area contributed by atoms with E-state index in [0.29, 0.717) is 12.1 Å². The summed E-state index contributed by atoms with van der Waals surface area (Å²) in [5.74, 6) is 0. The van der Waals surface area contributed by atoms with Gasteiger partial charge >= 0.3 is 0 Å². The maximum atomic E-state index is 5.61. The third-order valence-electron chi connectivity index (χ3n) is 4.34. The summed E-state index contributed by atoms with van der Waals surface area (Å²) in [4.78, 5) is 8.97. The SMILES string of the molecule is CCNC1CCCc2sc(N3CCOCC3CC)nc21. The molecule has 4 nitrogen and oxygen atoms in total. The Bertz CT molecular complexity index is 448. The molecule has 2 atom stereocenters. The molecule has 2 aliphatic rings. The summed E-state index contributed by atoms with van der Waals surface area (Å²) in [5, 5.41) is 4.80. The molecule has 1 aliphatic heterocycles. The zero-order valence-electron chi connectivity index (χ0n) is 12.5. The topological polar surface area (TPSA) is 37.4 Å². The van der Waals surface area contributed by atoms with Crippen molar-refractivity contribution in [2.45, 2.75) is 51.6 Å². The lowest BCUT2D eigenvalue weighted by molar-refractivity contribution is 0.0929. The quantitative estimate of drug-likeness (QED) is 0.927. The first kappa shape index (κ1) is 14.3. The van der Waals surface area contributed by atoms with E-state index in [1.165, 1.54) is 35.0 Å². The number of fused-ring (bicyclic) bond motifs is 1. The van der Waals surface area contributed by atoms with Crippen LogP contribution >= 0.6 is 11.3 Å². The molecule has 0 bridgehead atoms. The summed E-state index contributed by atoms with van der Waals surface area (Å²) < 4.78 is 5.61. The Balaban J connectivity index is 1.84. The average Bonchev–Trinajstić information content (AvgIpc) is 2.92. The molecular formula is C15H25N3OS. The Labute approximate surface area is 125 Å². The number of anilines is 1. The van der Waals surface area contributed by atoms with Crippen molar-refractivity contribution in [2.75, 3.05) is 31.2 Å². The van der Waals surface area contributed by atoms with Crippen molar-refractivity contribution in [1.29, 1.82) is 0 Å². The van der Waals surface area contributed by atoms with E-state index in [2.05, 4.69) is 24.1 Å². The molecule has 112 valence electrons. The number of aromatic nitrogens is 1. The van der Waals surface area contributed by atoms with E-state index in [-0.39, 0.29) is 0 Å². The Morgan fingerprint density at radius 2 is 2.35 bits per heavy atom. The zero-order valence-corrected chi connectivity index (χ0v) is 13.3. The van der Waals surface area contributed by atoms with Gasteiger partial charge in [-0.05, 0) is 32.2 Å². The van der Waals surface area contributed by atoms with E-state index in [4.69, 9.17) is 9.72 Å². The lowest BCUT2D eigenvalue weighted by Crippen LogP contribution is -2.45. The van der Waals surface area contributed by atoms with Gasteiger partial charge < -0.3 is 15.0 Å². The molecule has 3 rings (SSSR count). The van der Waals surface area contributed by atoms with Gasteiger partial charge in [-0.1, -0.05) is 13.8 Å². The molecule has 1 saturated heterocycles. The molecule has 0 aromatic carbocycles. The summed E-state index contributed by atoms with van der Waals surface area (Å²) >= 11 is 1.91. The number of rotatable bonds is 4. The van der Waals surface area contributed by atoms with Crippen LogP contribution in [0.3, 0.4) is 0 Å².